The Morgan fingerprint density at radius 3 is 2.90 bits per heavy atom. The second kappa shape index (κ2) is 8.33. The van der Waals surface area contributed by atoms with Gasteiger partial charge in [0.1, 0.15) is 0 Å². The molecule has 0 radical (unpaired) electrons. The molecule has 0 unspecified atom stereocenters. The third kappa shape index (κ3) is 3.90. The number of fused-ring (bicyclic) bond motifs is 1. The zero-order valence-electron chi connectivity index (χ0n) is 16.7. The zero-order valence-corrected chi connectivity index (χ0v) is 17.5. The average Bonchev–Trinajstić information content (AvgIpc) is 3.27. The molecule has 1 aromatic carbocycles. The largest absolute Gasteiger partial charge is 0.466 e. The fourth-order valence-corrected chi connectivity index (χ4v) is 4.72. The molecule has 3 aromatic rings. The highest BCUT2D eigenvalue weighted by Gasteiger charge is 2.30. The maximum absolute atomic E-state index is 13.4. The van der Waals surface area contributed by atoms with Crippen LogP contribution in [0.5, 0.6) is 0 Å². The molecule has 0 aliphatic carbocycles. The molecule has 0 N–H and O–H groups in total. The number of para-hydroxylation sites is 1. The number of hydrogen-bond acceptors (Lipinski definition) is 5. The highest BCUT2D eigenvalue weighted by atomic mass is 32.1. The van der Waals surface area contributed by atoms with Gasteiger partial charge in [0.2, 0.25) is 0 Å². The number of esters is 1. The van der Waals surface area contributed by atoms with Gasteiger partial charge in [0.25, 0.3) is 5.91 Å². The molecule has 1 fully saturated rings. The number of carbonyl (C=O) groups excluding carboxylic acids is 2. The smallest absolute Gasteiger partial charge is 0.310 e. The van der Waals surface area contributed by atoms with Gasteiger partial charge in [-0.25, -0.2) is 0 Å². The van der Waals surface area contributed by atoms with Crippen LogP contribution in [0, 0.1) is 12.8 Å². The van der Waals surface area contributed by atoms with E-state index in [-0.39, 0.29) is 17.8 Å². The van der Waals surface area contributed by atoms with Gasteiger partial charge in [-0.2, -0.15) is 0 Å². The van der Waals surface area contributed by atoms with Crippen molar-refractivity contribution < 1.29 is 14.3 Å². The topological polar surface area (TPSA) is 59.5 Å². The monoisotopic (exact) mass is 408 g/mol. The van der Waals surface area contributed by atoms with Gasteiger partial charge in [-0.05, 0) is 44.2 Å². The van der Waals surface area contributed by atoms with Gasteiger partial charge in [0, 0.05) is 34.6 Å². The Labute approximate surface area is 174 Å². The summed E-state index contributed by atoms with van der Waals surface area (Å²) in [5, 5.41) is 2.89. The van der Waals surface area contributed by atoms with Crippen LogP contribution in [0.25, 0.3) is 21.3 Å². The number of rotatable bonds is 4. The number of piperidine rings is 1. The summed E-state index contributed by atoms with van der Waals surface area (Å²) >= 11 is 1.66. The fraction of sp³-hybridized carbons (Fsp3) is 0.348. The molecule has 0 spiro atoms. The summed E-state index contributed by atoms with van der Waals surface area (Å²) in [6, 6.07) is 11.9. The average molecular weight is 409 g/mol. The number of aromatic nitrogens is 1. The number of thiophene rings is 1. The van der Waals surface area contributed by atoms with Crippen molar-refractivity contribution >= 4 is 34.1 Å². The van der Waals surface area contributed by atoms with E-state index in [0.29, 0.717) is 25.3 Å². The number of aryl methyl sites for hydroxylation is 1. The van der Waals surface area contributed by atoms with Crippen LogP contribution in [0.1, 0.15) is 35.8 Å². The van der Waals surface area contributed by atoms with Crippen LogP contribution in [0.15, 0.2) is 41.8 Å². The number of carbonyl (C=O) groups is 2. The number of nitrogens with zero attached hydrogens (tertiary/aromatic N) is 2. The highest BCUT2D eigenvalue weighted by Crippen LogP contribution is 2.33. The van der Waals surface area contributed by atoms with Gasteiger partial charge in [0.05, 0.1) is 23.6 Å². The van der Waals surface area contributed by atoms with Gasteiger partial charge in [-0.3, -0.25) is 14.6 Å². The Balaban J connectivity index is 1.71. The summed E-state index contributed by atoms with van der Waals surface area (Å²) in [7, 11) is 0. The van der Waals surface area contributed by atoms with Crippen LogP contribution in [-0.2, 0) is 9.53 Å². The summed E-state index contributed by atoms with van der Waals surface area (Å²) in [4.78, 5) is 33.3. The highest BCUT2D eigenvalue weighted by molar-refractivity contribution is 7.13. The molecule has 1 aliphatic rings. The van der Waals surface area contributed by atoms with Crippen LogP contribution in [-0.4, -0.2) is 41.5 Å². The Morgan fingerprint density at radius 1 is 1.28 bits per heavy atom. The van der Waals surface area contributed by atoms with Crippen LogP contribution >= 0.6 is 11.3 Å². The van der Waals surface area contributed by atoms with Crippen LogP contribution < -0.4 is 0 Å². The summed E-state index contributed by atoms with van der Waals surface area (Å²) in [5.74, 6) is -0.498. The van der Waals surface area contributed by atoms with E-state index in [9.17, 15) is 9.59 Å². The molecule has 1 amide bonds. The Hall–Kier alpha value is -2.73. The first-order valence-corrected chi connectivity index (χ1v) is 10.9. The van der Waals surface area contributed by atoms with Crippen molar-refractivity contribution in [3.05, 3.63) is 53.0 Å². The maximum atomic E-state index is 13.4. The molecule has 2 aromatic heterocycles. The fourth-order valence-electron chi connectivity index (χ4n) is 3.97. The van der Waals surface area contributed by atoms with Crippen molar-refractivity contribution in [3.8, 4) is 10.4 Å². The van der Waals surface area contributed by atoms with E-state index < -0.39 is 0 Å². The number of ether oxygens (including phenoxy) is 1. The van der Waals surface area contributed by atoms with Crippen LogP contribution in [0.3, 0.4) is 0 Å². The molecule has 3 heterocycles. The first-order valence-electron chi connectivity index (χ1n) is 9.98. The lowest BCUT2D eigenvalue weighted by molar-refractivity contribution is -0.149. The molecule has 6 heteroatoms. The molecule has 4 rings (SSSR count). The lowest BCUT2D eigenvalue weighted by Gasteiger charge is -2.32. The minimum atomic E-state index is -0.247. The van der Waals surface area contributed by atoms with E-state index in [4.69, 9.17) is 9.72 Å². The molecule has 1 saturated heterocycles. The van der Waals surface area contributed by atoms with Crippen molar-refractivity contribution in [2.45, 2.75) is 26.7 Å². The van der Waals surface area contributed by atoms with E-state index in [1.54, 1.807) is 23.2 Å². The Bertz CT molecular complexity index is 1050. The van der Waals surface area contributed by atoms with E-state index in [2.05, 4.69) is 6.07 Å². The van der Waals surface area contributed by atoms with Gasteiger partial charge in [-0.1, -0.05) is 24.3 Å². The van der Waals surface area contributed by atoms with E-state index in [0.717, 1.165) is 39.9 Å². The lowest BCUT2D eigenvalue weighted by atomic mass is 9.96. The van der Waals surface area contributed by atoms with E-state index >= 15 is 0 Å². The molecule has 0 saturated carbocycles. The molecule has 29 heavy (non-hydrogen) atoms. The molecular weight excluding hydrogens is 384 g/mol. The predicted molar refractivity (Wildman–Crippen MR) is 115 cm³/mol. The van der Waals surface area contributed by atoms with Gasteiger partial charge < -0.3 is 9.64 Å². The van der Waals surface area contributed by atoms with E-state index in [1.807, 2.05) is 42.6 Å². The van der Waals surface area contributed by atoms with Crippen molar-refractivity contribution in [2.24, 2.45) is 5.92 Å². The molecule has 1 aliphatic heterocycles. The third-order valence-corrected chi connectivity index (χ3v) is 6.22. The van der Waals surface area contributed by atoms with Crippen molar-refractivity contribution in [1.29, 1.82) is 0 Å². The molecule has 150 valence electrons. The van der Waals surface area contributed by atoms with Crippen molar-refractivity contribution in [1.82, 2.24) is 9.88 Å². The number of hydrogen-bond donors (Lipinski definition) is 0. The Morgan fingerprint density at radius 2 is 2.14 bits per heavy atom. The summed E-state index contributed by atoms with van der Waals surface area (Å²) in [5.41, 5.74) is 3.34. The molecule has 0 bridgehead atoms. The van der Waals surface area contributed by atoms with Crippen molar-refractivity contribution in [3.63, 3.8) is 0 Å². The number of likely N-dealkylation sites (tertiary alicyclic amines) is 1. The summed E-state index contributed by atoms with van der Waals surface area (Å²) < 4.78 is 5.18. The Kier molecular flexibility index (Phi) is 5.62. The predicted octanol–water partition coefficient (Wildman–Crippen LogP) is 4.69. The quantitative estimate of drug-likeness (QED) is 0.588. The van der Waals surface area contributed by atoms with Crippen molar-refractivity contribution in [2.75, 3.05) is 19.7 Å². The SMILES string of the molecule is CCOC(=O)[C@@H]1CCCN(C(=O)c2cc(C)nc3c(-c4cccs4)cccc23)C1. The second-order valence-electron chi connectivity index (χ2n) is 7.33. The van der Waals surface area contributed by atoms with Crippen LogP contribution in [0.2, 0.25) is 0 Å². The summed E-state index contributed by atoms with van der Waals surface area (Å²) in [6.07, 6.45) is 1.57. The lowest BCUT2D eigenvalue weighted by Crippen LogP contribution is -2.43. The normalized spacial score (nSPS) is 16.8. The van der Waals surface area contributed by atoms with E-state index in [1.165, 1.54) is 0 Å². The van der Waals surface area contributed by atoms with Crippen LogP contribution in [0.4, 0.5) is 0 Å². The molecule has 5 nitrogen and oxygen atoms in total. The number of benzene rings is 1. The second-order valence-corrected chi connectivity index (χ2v) is 8.28. The summed E-state index contributed by atoms with van der Waals surface area (Å²) in [6.45, 7) is 5.15. The minimum absolute atomic E-state index is 0.0437. The first-order chi connectivity index (χ1) is 14.1. The number of pyridine rings is 1. The minimum Gasteiger partial charge on any atom is -0.466 e. The molecular formula is C23H24N2O3S. The third-order valence-electron chi connectivity index (χ3n) is 5.31. The standard InChI is InChI=1S/C23H24N2O3S/c1-3-28-23(27)16-7-5-11-25(14-16)22(26)19-13-15(2)24-21-17(19)8-4-9-18(21)20-10-6-12-29-20/h4,6,8-10,12-13,16H,3,5,7,11,14H2,1-2H3/t16-/m1/s1. The first kappa shape index (κ1) is 19.6. The zero-order chi connectivity index (χ0) is 20.4. The maximum Gasteiger partial charge on any atom is 0.310 e. The van der Waals surface area contributed by atoms with Gasteiger partial charge in [-0.15, -0.1) is 11.3 Å². The molecule has 1 atom stereocenters. The number of amides is 1. The van der Waals surface area contributed by atoms with Gasteiger partial charge in [0.15, 0.2) is 0 Å². The van der Waals surface area contributed by atoms with Gasteiger partial charge >= 0.3 is 5.97 Å².